The van der Waals surface area contributed by atoms with Crippen LogP contribution in [0.1, 0.15) is 51.0 Å². The molecule has 2 N–H and O–H groups in total. The van der Waals surface area contributed by atoms with Crippen LogP contribution in [0.5, 0.6) is 0 Å². The Balaban J connectivity index is 1.78. The lowest BCUT2D eigenvalue weighted by molar-refractivity contribution is -0.0821. The van der Waals surface area contributed by atoms with Crippen molar-refractivity contribution < 1.29 is 0 Å². The Hall–Kier alpha value is -0.240. The first-order valence-electron chi connectivity index (χ1n) is 8.14. The Morgan fingerprint density at radius 1 is 1.10 bits per heavy atom. The third-order valence-electron chi connectivity index (χ3n) is 6.60. The summed E-state index contributed by atoms with van der Waals surface area (Å²) in [6.45, 7) is 2.22. The summed E-state index contributed by atoms with van der Waals surface area (Å²) in [7, 11) is 0. The molecule has 1 nitrogen and oxygen atoms in total. The molecule has 21 heavy (non-hydrogen) atoms. The molecule has 2 unspecified atom stereocenters. The second-order valence-electron chi connectivity index (χ2n) is 8.02. The molecule has 4 saturated carbocycles. The van der Waals surface area contributed by atoms with Gasteiger partial charge in [0, 0.05) is 6.04 Å². The topological polar surface area (TPSA) is 26.0 Å². The Kier molecular flexibility index (Phi) is 3.17. The van der Waals surface area contributed by atoms with Crippen LogP contribution in [0.4, 0.5) is 0 Å². The lowest BCUT2D eigenvalue weighted by Crippen LogP contribution is -2.59. The lowest BCUT2D eigenvalue weighted by atomic mass is 9.41. The van der Waals surface area contributed by atoms with Crippen LogP contribution >= 0.6 is 23.2 Å². The fourth-order valence-electron chi connectivity index (χ4n) is 6.03. The Morgan fingerprint density at radius 3 is 2.33 bits per heavy atom. The first-order valence-corrected chi connectivity index (χ1v) is 8.89. The molecule has 0 radical (unpaired) electrons. The van der Waals surface area contributed by atoms with Crippen LogP contribution in [0.15, 0.2) is 18.2 Å². The Bertz CT molecular complexity index is 567. The van der Waals surface area contributed by atoms with E-state index in [-0.39, 0.29) is 0 Å². The van der Waals surface area contributed by atoms with Gasteiger partial charge in [0.1, 0.15) is 0 Å². The molecule has 0 aromatic heterocycles. The summed E-state index contributed by atoms with van der Waals surface area (Å²) >= 11 is 12.4. The number of rotatable bonds is 2. The van der Waals surface area contributed by atoms with Gasteiger partial charge in [-0.05, 0) is 85.8 Å². The number of hydrogen-bond acceptors (Lipinski definition) is 1. The molecule has 114 valence electrons. The smallest absolute Gasteiger partial charge is 0.0595 e. The van der Waals surface area contributed by atoms with Crippen LogP contribution < -0.4 is 5.73 Å². The normalized spacial score (nSPS) is 42.3. The van der Waals surface area contributed by atoms with E-state index in [0.29, 0.717) is 26.9 Å². The standard InChI is InChI=1S/C18H23Cl2N/c1-11(21)17-6-12-4-13(7-17)9-18(8-12,10-17)14-2-3-15(19)16(20)5-14/h2-3,5,11-13H,4,6-10,21H2,1H3/t11-,12-,13+,17?,18?/m0/s1. The SMILES string of the molecule is C[C@H](N)C12C[C@@H]3C[C@@H](CC(c4ccc(Cl)c(Cl)c4)(C3)C1)C2. The molecular weight excluding hydrogens is 301 g/mol. The van der Waals surface area contributed by atoms with Crippen molar-refractivity contribution in [3.63, 3.8) is 0 Å². The molecule has 5 atom stereocenters. The molecule has 3 heteroatoms. The van der Waals surface area contributed by atoms with Crippen molar-refractivity contribution in [3.05, 3.63) is 33.8 Å². The van der Waals surface area contributed by atoms with Gasteiger partial charge in [0.25, 0.3) is 0 Å². The third kappa shape index (κ3) is 2.08. The highest BCUT2D eigenvalue weighted by Crippen LogP contribution is 2.66. The Morgan fingerprint density at radius 2 is 1.76 bits per heavy atom. The summed E-state index contributed by atoms with van der Waals surface area (Å²) < 4.78 is 0. The second kappa shape index (κ2) is 4.63. The molecule has 4 aliphatic rings. The minimum atomic E-state index is 0.297. The van der Waals surface area contributed by atoms with E-state index >= 15 is 0 Å². The average molecular weight is 324 g/mol. The largest absolute Gasteiger partial charge is 0.327 e. The van der Waals surface area contributed by atoms with Crippen molar-refractivity contribution >= 4 is 23.2 Å². The quantitative estimate of drug-likeness (QED) is 0.797. The number of nitrogens with two attached hydrogens (primary N) is 1. The van der Waals surface area contributed by atoms with Gasteiger partial charge in [0.05, 0.1) is 10.0 Å². The van der Waals surface area contributed by atoms with E-state index in [1.54, 1.807) is 0 Å². The van der Waals surface area contributed by atoms with Crippen molar-refractivity contribution in [2.24, 2.45) is 23.0 Å². The minimum absolute atomic E-state index is 0.297. The van der Waals surface area contributed by atoms with Crippen LogP contribution in [0.2, 0.25) is 10.0 Å². The van der Waals surface area contributed by atoms with Crippen LogP contribution in [0.25, 0.3) is 0 Å². The van der Waals surface area contributed by atoms with Gasteiger partial charge in [-0.1, -0.05) is 29.3 Å². The van der Waals surface area contributed by atoms with E-state index in [1.807, 2.05) is 6.07 Å². The highest BCUT2D eigenvalue weighted by atomic mass is 35.5. The maximum atomic E-state index is 6.44. The van der Waals surface area contributed by atoms with Gasteiger partial charge in [-0.25, -0.2) is 0 Å². The Labute approximate surface area is 137 Å². The molecule has 4 fully saturated rings. The molecule has 0 spiro atoms. The molecule has 0 heterocycles. The van der Waals surface area contributed by atoms with Crippen LogP contribution in [-0.4, -0.2) is 6.04 Å². The predicted octanol–water partition coefficient (Wildman–Crippen LogP) is 5.18. The van der Waals surface area contributed by atoms with Crippen LogP contribution in [0.3, 0.4) is 0 Å². The van der Waals surface area contributed by atoms with Crippen molar-refractivity contribution in [1.29, 1.82) is 0 Å². The lowest BCUT2D eigenvalue weighted by Gasteiger charge is -2.64. The molecule has 0 saturated heterocycles. The van der Waals surface area contributed by atoms with E-state index in [4.69, 9.17) is 28.9 Å². The van der Waals surface area contributed by atoms with Crippen LogP contribution in [-0.2, 0) is 5.41 Å². The minimum Gasteiger partial charge on any atom is -0.327 e. The van der Waals surface area contributed by atoms with Crippen molar-refractivity contribution in [3.8, 4) is 0 Å². The maximum Gasteiger partial charge on any atom is 0.0595 e. The zero-order valence-corrected chi connectivity index (χ0v) is 14.1. The van der Waals surface area contributed by atoms with E-state index in [2.05, 4.69) is 19.1 Å². The monoisotopic (exact) mass is 323 g/mol. The molecule has 5 rings (SSSR count). The number of hydrogen-bond donors (Lipinski definition) is 1. The summed E-state index contributed by atoms with van der Waals surface area (Å²) in [5, 5.41) is 1.35. The molecule has 0 aliphatic heterocycles. The van der Waals surface area contributed by atoms with Gasteiger partial charge in [-0.3, -0.25) is 0 Å². The number of halogens is 2. The summed E-state index contributed by atoms with van der Waals surface area (Å²) in [6.07, 6.45) is 7.96. The van der Waals surface area contributed by atoms with E-state index in [0.717, 1.165) is 11.8 Å². The first kappa shape index (κ1) is 14.4. The maximum absolute atomic E-state index is 6.44. The van der Waals surface area contributed by atoms with Crippen molar-refractivity contribution in [1.82, 2.24) is 0 Å². The van der Waals surface area contributed by atoms with Crippen molar-refractivity contribution in [2.75, 3.05) is 0 Å². The average Bonchev–Trinajstić information content (AvgIpc) is 2.40. The number of benzene rings is 1. The summed E-state index contributed by atoms with van der Waals surface area (Å²) in [4.78, 5) is 0. The predicted molar refractivity (Wildman–Crippen MR) is 88.9 cm³/mol. The van der Waals surface area contributed by atoms with Crippen LogP contribution in [0, 0.1) is 17.3 Å². The fourth-order valence-corrected chi connectivity index (χ4v) is 6.33. The van der Waals surface area contributed by atoms with Gasteiger partial charge in [0.2, 0.25) is 0 Å². The molecule has 1 aromatic carbocycles. The second-order valence-corrected chi connectivity index (χ2v) is 8.84. The van der Waals surface area contributed by atoms with Crippen molar-refractivity contribution in [2.45, 2.75) is 56.9 Å². The summed E-state index contributed by atoms with van der Waals surface area (Å²) in [5.41, 5.74) is 8.49. The molecule has 4 bridgehead atoms. The molecule has 1 aromatic rings. The van der Waals surface area contributed by atoms with Gasteiger partial charge in [-0.15, -0.1) is 0 Å². The van der Waals surface area contributed by atoms with Gasteiger partial charge < -0.3 is 5.73 Å². The van der Waals surface area contributed by atoms with Gasteiger partial charge >= 0.3 is 0 Å². The highest BCUT2D eigenvalue weighted by molar-refractivity contribution is 6.42. The van der Waals surface area contributed by atoms with E-state index in [1.165, 1.54) is 44.1 Å². The highest BCUT2D eigenvalue weighted by Gasteiger charge is 2.59. The first-order chi connectivity index (χ1) is 9.92. The molecular formula is C18H23Cl2N. The fraction of sp³-hybridized carbons (Fsp3) is 0.667. The molecule has 0 amide bonds. The van der Waals surface area contributed by atoms with E-state index in [9.17, 15) is 0 Å². The third-order valence-corrected chi connectivity index (χ3v) is 7.34. The summed E-state index contributed by atoms with van der Waals surface area (Å²) in [6, 6.07) is 6.59. The zero-order chi connectivity index (χ0) is 14.8. The zero-order valence-electron chi connectivity index (χ0n) is 12.5. The van der Waals surface area contributed by atoms with Gasteiger partial charge in [-0.2, -0.15) is 0 Å². The van der Waals surface area contributed by atoms with Gasteiger partial charge in [0.15, 0.2) is 0 Å². The molecule has 4 aliphatic carbocycles. The van der Waals surface area contributed by atoms with E-state index < -0.39 is 0 Å². The summed E-state index contributed by atoms with van der Waals surface area (Å²) in [5.74, 6) is 1.71.